The Labute approximate surface area is 137 Å². The normalized spacial score (nSPS) is 12.2. The molecular weight excluding hydrogens is 302 g/mol. The lowest BCUT2D eigenvalue weighted by Gasteiger charge is -2.13. The Morgan fingerprint density at radius 2 is 1.87 bits per heavy atom. The Kier molecular flexibility index (Phi) is 10.3. The maximum absolute atomic E-state index is 9.80. The van der Waals surface area contributed by atoms with Crippen molar-refractivity contribution in [2.24, 2.45) is 0 Å². The number of nitrogens with one attached hydrogen (secondary N) is 1. The van der Waals surface area contributed by atoms with Crippen molar-refractivity contribution in [3.8, 4) is 11.5 Å². The van der Waals surface area contributed by atoms with Gasteiger partial charge in [-0.25, -0.2) is 0 Å². The van der Waals surface area contributed by atoms with Gasteiger partial charge in [0.15, 0.2) is 11.5 Å². The summed E-state index contributed by atoms with van der Waals surface area (Å²) in [5, 5.41) is 21.4. The third kappa shape index (κ3) is 8.15. The lowest BCUT2D eigenvalue weighted by molar-refractivity contribution is 0.0272. The van der Waals surface area contributed by atoms with Crippen molar-refractivity contribution < 1.29 is 29.2 Å². The Hall–Kier alpha value is -1.38. The molecule has 0 aliphatic heterocycles. The number of methoxy groups -OCH3 is 2. The van der Waals surface area contributed by atoms with Gasteiger partial charge in [-0.15, -0.1) is 0 Å². The van der Waals surface area contributed by atoms with Crippen molar-refractivity contribution in [3.05, 3.63) is 23.8 Å². The molecule has 7 nitrogen and oxygen atoms in total. The minimum Gasteiger partial charge on any atom is -0.493 e. The molecular formula is C16H27NO6. The lowest BCUT2D eigenvalue weighted by Crippen LogP contribution is -2.32. The summed E-state index contributed by atoms with van der Waals surface area (Å²) >= 11 is 0. The van der Waals surface area contributed by atoms with Crippen LogP contribution >= 0.6 is 0 Å². The van der Waals surface area contributed by atoms with Gasteiger partial charge < -0.3 is 34.5 Å². The van der Waals surface area contributed by atoms with Gasteiger partial charge in [0.25, 0.3) is 0 Å². The molecule has 23 heavy (non-hydrogen) atoms. The number of ether oxygens (including phenoxy) is 4. The van der Waals surface area contributed by atoms with E-state index < -0.39 is 6.10 Å². The van der Waals surface area contributed by atoms with E-state index in [1.54, 1.807) is 14.2 Å². The zero-order valence-corrected chi connectivity index (χ0v) is 13.8. The molecule has 3 N–H and O–H groups in total. The second-order valence-corrected chi connectivity index (χ2v) is 4.90. The molecule has 1 rings (SSSR count). The van der Waals surface area contributed by atoms with Crippen LogP contribution in [0.4, 0.5) is 0 Å². The van der Waals surface area contributed by atoms with Gasteiger partial charge in [-0.3, -0.25) is 0 Å². The molecule has 0 saturated heterocycles. The first kappa shape index (κ1) is 19.7. The summed E-state index contributed by atoms with van der Waals surface area (Å²) in [6.07, 6.45) is -0.590. The van der Waals surface area contributed by atoms with Crippen LogP contribution in [0.15, 0.2) is 18.2 Å². The average molecular weight is 329 g/mol. The third-order valence-electron chi connectivity index (χ3n) is 3.07. The molecule has 0 aliphatic carbocycles. The number of hydrogen-bond donors (Lipinski definition) is 3. The van der Waals surface area contributed by atoms with Crippen molar-refractivity contribution in [1.29, 1.82) is 0 Å². The maximum Gasteiger partial charge on any atom is 0.161 e. The Balaban J connectivity index is 2.18. The SMILES string of the molecule is COc1ccc(COC[C@@H](O)CNCCOCCO)cc1OC. The molecule has 7 heteroatoms. The Bertz CT molecular complexity index is 429. The smallest absolute Gasteiger partial charge is 0.161 e. The molecule has 132 valence electrons. The Morgan fingerprint density at radius 3 is 2.57 bits per heavy atom. The van der Waals surface area contributed by atoms with Crippen LogP contribution in [0, 0.1) is 0 Å². The fraction of sp³-hybridized carbons (Fsp3) is 0.625. The number of aliphatic hydroxyl groups excluding tert-OH is 2. The fourth-order valence-electron chi connectivity index (χ4n) is 1.92. The van der Waals surface area contributed by atoms with Crippen molar-refractivity contribution in [2.75, 3.05) is 53.7 Å². The van der Waals surface area contributed by atoms with E-state index in [1.165, 1.54) is 0 Å². The van der Waals surface area contributed by atoms with Crippen LogP contribution in [-0.4, -0.2) is 70.1 Å². The van der Waals surface area contributed by atoms with Crippen molar-refractivity contribution in [1.82, 2.24) is 5.32 Å². The summed E-state index contributed by atoms with van der Waals surface area (Å²) < 4.78 is 21.0. The molecule has 0 radical (unpaired) electrons. The highest BCUT2D eigenvalue weighted by Gasteiger charge is 2.07. The topological polar surface area (TPSA) is 89.4 Å². The molecule has 0 fully saturated rings. The van der Waals surface area contributed by atoms with Gasteiger partial charge in [0.05, 0.1) is 53.4 Å². The molecule has 0 heterocycles. The van der Waals surface area contributed by atoms with Crippen LogP contribution < -0.4 is 14.8 Å². The second kappa shape index (κ2) is 12.1. The monoisotopic (exact) mass is 329 g/mol. The van der Waals surface area contributed by atoms with Gasteiger partial charge >= 0.3 is 0 Å². The molecule has 0 bridgehead atoms. The largest absolute Gasteiger partial charge is 0.493 e. The van der Waals surface area contributed by atoms with E-state index in [0.717, 1.165) is 5.56 Å². The first-order valence-corrected chi connectivity index (χ1v) is 7.57. The predicted molar refractivity (Wildman–Crippen MR) is 86.0 cm³/mol. The van der Waals surface area contributed by atoms with Gasteiger partial charge in [-0.2, -0.15) is 0 Å². The predicted octanol–water partition coefficient (Wildman–Crippen LogP) is 0.180. The zero-order chi connectivity index (χ0) is 16.9. The molecule has 1 aromatic rings. The van der Waals surface area contributed by atoms with Crippen LogP contribution in [0.25, 0.3) is 0 Å². The standard InChI is InChI=1S/C16H27NO6/c1-20-15-4-3-13(9-16(15)21-2)11-23-12-14(19)10-17-5-7-22-8-6-18/h3-4,9,14,17-19H,5-8,10-12H2,1-2H3/t14-/m0/s1. The summed E-state index contributed by atoms with van der Waals surface area (Å²) in [5.74, 6) is 1.32. The van der Waals surface area contributed by atoms with Crippen LogP contribution in [0.5, 0.6) is 11.5 Å². The van der Waals surface area contributed by atoms with E-state index in [1.807, 2.05) is 18.2 Å². The summed E-state index contributed by atoms with van der Waals surface area (Å²) in [7, 11) is 3.18. The first-order valence-electron chi connectivity index (χ1n) is 7.57. The van der Waals surface area contributed by atoms with Gasteiger partial charge in [0, 0.05) is 13.1 Å². The fourth-order valence-corrected chi connectivity index (χ4v) is 1.92. The molecule has 0 amide bonds. The van der Waals surface area contributed by atoms with Crippen molar-refractivity contribution in [3.63, 3.8) is 0 Å². The molecule has 0 aromatic heterocycles. The Morgan fingerprint density at radius 1 is 1.09 bits per heavy atom. The van der Waals surface area contributed by atoms with Crippen molar-refractivity contribution in [2.45, 2.75) is 12.7 Å². The average Bonchev–Trinajstić information content (AvgIpc) is 2.57. The van der Waals surface area contributed by atoms with Crippen LogP contribution in [0.2, 0.25) is 0 Å². The van der Waals surface area contributed by atoms with Gasteiger partial charge in [-0.05, 0) is 17.7 Å². The quantitative estimate of drug-likeness (QED) is 0.445. The van der Waals surface area contributed by atoms with Gasteiger partial charge in [-0.1, -0.05) is 6.07 Å². The highest BCUT2D eigenvalue weighted by atomic mass is 16.5. The number of benzene rings is 1. The third-order valence-corrected chi connectivity index (χ3v) is 3.07. The van der Waals surface area contributed by atoms with Crippen molar-refractivity contribution >= 4 is 0 Å². The number of hydrogen-bond acceptors (Lipinski definition) is 7. The molecule has 0 spiro atoms. The summed E-state index contributed by atoms with van der Waals surface area (Å²) in [6, 6.07) is 5.56. The van der Waals surface area contributed by atoms with Crippen LogP contribution in [0.3, 0.4) is 0 Å². The van der Waals surface area contributed by atoms with Crippen LogP contribution in [0.1, 0.15) is 5.56 Å². The summed E-state index contributed by atoms with van der Waals surface area (Å²) in [4.78, 5) is 0. The molecule has 1 aromatic carbocycles. The van der Waals surface area contributed by atoms with E-state index in [9.17, 15) is 5.11 Å². The highest BCUT2D eigenvalue weighted by molar-refractivity contribution is 5.42. The van der Waals surface area contributed by atoms with E-state index in [4.69, 9.17) is 24.1 Å². The molecule has 0 saturated carbocycles. The highest BCUT2D eigenvalue weighted by Crippen LogP contribution is 2.27. The lowest BCUT2D eigenvalue weighted by atomic mass is 10.2. The molecule has 0 unspecified atom stereocenters. The van der Waals surface area contributed by atoms with E-state index in [2.05, 4.69) is 5.32 Å². The first-order chi connectivity index (χ1) is 11.2. The number of aliphatic hydroxyl groups is 2. The van der Waals surface area contributed by atoms with Gasteiger partial charge in [0.1, 0.15) is 0 Å². The molecule has 1 atom stereocenters. The van der Waals surface area contributed by atoms with Gasteiger partial charge in [0.2, 0.25) is 0 Å². The van der Waals surface area contributed by atoms with E-state index in [-0.39, 0.29) is 13.2 Å². The van der Waals surface area contributed by atoms with E-state index >= 15 is 0 Å². The zero-order valence-electron chi connectivity index (χ0n) is 13.8. The molecule has 0 aliphatic rings. The maximum atomic E-state index is 9.80. The minimum atomic E-state index is -0.590. The number of rotatable bonds is 13. The minimum absolute atomic E-state index is 0.0204. The summed E-state index contributed by atoms with van der Waals surface area (Å²) in [6.45, 7) is 2.52. The van der Waals surface area contributed by atoms with E-state index in [0.29, 0.717) is 44.4 Å². The van der Waals surface area contributed by atoms with Crippen LogP contribution in [-0.2, 0) is 16.1 Å². The second-order valence-electron chi connectivity index (χ2n) is 4.90. The summed E-state index contributed by atoms with van der Waals surface area (Å²) in [5.41, 5.74) is 0.945.